The zero-order valence-electron chi connectivity index (χ0n) is 14.7. The molecular formula is C19H14N4O5. The van der Waals surface area contributed by atoms with Gasteiger partial charge in [-0.05, 0) is 30.3 Å². The Morgan fingerprint density at radius 1 is 1.11 bits per heavy atom. The summed E-state index contributed by atoms with van der Waals surface area (Å²) in [5.74, 6) is 1.58. The molecule has 0 spiro atoms. The molecule has 9 heteroatoms. The predicted octanol–water partition coefficient (Wildman–Crippen LogP) is 3.78. The number of aromatic nitrogens is 3. The highest BCUT2D eigenvalue weighted by molar-refractivity contribution is 5.85. The van der Waals surface area contributed by atoms with E-state index in [2.05, 4.69) is 15.1 Å². The van der Waals surface area contributed by atoms with Gasteiger partial charge in [0.1, 0.15) is 17.8 Å². The minimum atomic E-state index is -0.475. The number of fused-ring (bicyclic) bond motifs is 1. The molecule has 0 atom stereocenters. The van der Waals surface area contributed by atoms with E-state index >= 15 is 0 Å². The van der Waals surface area contributed by atoms with Crippen molar-refractivity contribution in [3.8, 4) is 22.9 Å². The van der Waals surface area contributed by atoms with Gasteiger partial charge in [0.15, 0.2) is 12.4 Å². The lowest BCUT2D eigenvalue weighted by atomic mass is 10.1. The maximum atomic E-state index is 10.9. The number of non-ortho nitro benzene ring substituents is 1. The number of nitro benzene ring substituents is 1. The van der Waals surface area contributed by atoms with Crippen LogP contribution in [0.1, 0.15) is 5.76 Å². The average Bonchev–Trinajstić information content (AvgIpc) is 3.20. The molecule has 0 saturated carbocycles. The van der Waals surface area contributed by atoms with Gasteiger partial charge >= 0.3 is 0 Å². The minimum Gasteiger partial charge on any atom is -0.497 e. The van der Waals surface area contributed by atoms with Gasteiger partial charge in [-0.15, -0.1) is 0 Å². The molecule has 9 nitrogen and oxygen atoms in total. The highest BCUT2D eigenvalue weighted by Crippen LogP contribution is 2.27. The van der Waals surface area contributed by atoms with Gasteiger partial charge in [0.2, 0.25) is 5.88 Å². The monoisotopic (exact) mass is 378 g/mol. The van der Waals surface area contributed by atoms with Crippen molar-refractivity contribution in [3.05, 3.63) is 70.7 Å². The maximum Gasteiger partial charge on any atom is 0.271 e. The molecule has 0 aliphatic rings. The Morgan fingerprint density at radius 2 is 1.93 bits per heavy atom. The number of hydrogen-bond donors (Lipinski definition) is 0. The summed E-state index contributed by atoms with van der Waals surface area (Å²) in [7, 11) is 1.61. The van der Waals surface area contributed by atoms with Crippen LogP contribution in [0.3, 0.4) is 0 Å². The van der Waals surface area contributed by atoms with Crippen LogP contribution in [-0.2, 0) is 6.61 Å². The number of hydrogen-bond acceptors (Lipinski definition) is 8. The Hall–Kier alpha value is -4.01. The van der Waals surface area contributed by atoms with E-state index in [0.29, 0.717) is 28.2 Å². The van der Waals surface area contributed by atoms with Crippen LogP contribution in [0.2, 0.25) is 0 Å². The summed E-state index contributed by atoms with van der Waals surface area (Å²) in [5, 5.41) is 15.5. The van der Waals surface area contributed by atoms with E-state index in [1.165, 1.54) is 18.5 Å². The molecule has 0 aliphatic heterocycles. The molecule has 28 heavy (non-hydrogen) atoms. The van der Waals surface area contributed by atoms with E-state index in [9.17, 15) is 10.1 Å². The van der Waals surface area contributed by atoms with Gasteiger partial charge in [0.05, 0.1) is 22.9 Å². The first-order valence-electron chi connectivity index (χ1n) is 8.26. The van der Waals surface area contributed by atoms with Gasteiger partial charge in [-0.1, -0.05) is 5.16 Å². The van der Waals surface area contributed by atoms with Crippen molar-refractivity contribution in [2.45, 2.75) is 6.61 Å². The van der Waals surface area contributed by atoms with Crippen LogP contribution in [0.15, 0.2) is 59.4 Å². The van der Waals surface area contributed by atoms with E-state index in [0.717, 1.165) is 11.3 Å². The van der Waals surface area contributed by atoms with E-state index < -0.39 is 4.92 Å². The van der Waals surface area contributed by atoms with Gasteiger partial charge < -0.3 is 14.0 Å². The van der Waals surface area contributed by atoms with Gasteiger partial charge in [-0.3, -0.25) is 10.1 Å². The number of ether oxygens (including phenoxy) is 2. The van der Waals surface area contributed by atoms with Crippen molar-refractivity contribution in [2.75, 3.05) is 7.11 Å². The first kappa shape index (κ1) is 17.4. The molecule has 0 aliphatic carbocycles. The topological polar surface area (TPSA) is 113 Å². The maximum absolute atomic E-state index is 10.9. The number of methoxy groups -OCH3 is 1. The summed E-state index contributed by atoms with van der Waals surface area (Å²) in [6.45, 7) is 0.103. The molecular weight excluding hydrogens is 364 g/mol. The summed E-state index contributed by atoms with van der Waals surface area (Å²) >= 11 is 0. The molecule has 4 rings (SSSR count). The van der Waals surface area contributed by atoms with E-state index in [1.807, 2.05) is 24.3 Å². The van der Waals surface area contributed by atoms with Crippen LogP contribution in [0.4, 0.5) is 5.69 Å². The molecule has 0 fully saturated rings. The molecule has 140 valence electrons. The summed E-state index contributed by atoms with van der Waals surface area (Å²) < 4.78 is 16.2. The zero-order valence-corrected chi connectivity index (χ0v) is 14.7. The summed E-state index contributed by atoms with van der Waals surface area (Å²) in [5.41, 5.74) is 1.94. The molecule has 0 bridgehead atoms. The molecule has 2 heterocycles. The third-order valence-corrected chi connectivity index (χ3v) is 4.09. The van der Waals surface area contributed by atoms with Crippen molar-refractivity contribution < 1.29 is 18.9 Å². The van der Waals surface area contributed by atoms with Gasteiger partial charge in [-0.2, -0.15) is 0 Å². The molecule has 0 saturated heterocycles. The first-order valence-corrected chi connectivity index (χ1v) is 8.26. The van der Waals surface area contributed by atoms with Crippen molar-refractivity contribution in [3.63, 3.8) is 0 Å². The summed E-state index contributed by atoms with van der Waals surface area (Å²) in [6, 6.07) is 13.5. The lowest BCUT2D eigenvalue weighted by molar-refractivity contribution is -0.384. The van der Waals surface area contributed by atoms with E-state index in [1.54, 1.807) is 19.2 Å². The van der Waals surface area contributed by atoms with Crippen LogP contribution in [-0.4, -0.2) is 27.2 Å². The SMILES string of the molecule is COc1ccc(-c2cc(COc3ncnc4cc([N+](=O)[O-])ccc34)on2)cc1. The summed E-state index contributed by atoms with van der Waals surface area (Å²) in [4.78, 5) is 18.6. The second-order valence-electron chi connectivity index (χ2n) is 5.83. The van der Waals surface area contributed by atoms with Crippen molar-refractivity contribution in [1.82, 2.24) is 15.1 Å². The predicted molar refractivity (Wildman–Crippen MR) is 99.0 cm³/mol. The fourth-order valence-electron chi connectivity index (χ4n) is 2.67. The van der Waals surface area contributed by atoms with Gasteiger partial charge in [0.25, 0.3) is 5.69 Å². The van der Waals surface area contributed by atoms with Crippen molar-refractivity contribution in [1.29, 1.82) is 0 Å². The third kappa shape index (κ3) is 3.45. The second kappa shape index (κ2) is 7.31. The normalized spacial score (nSPS) is 10.8. The quantitative estimate of drug-likeness (QED) is 0.368. The standard InChI is InChI=1S/C19H14N4O5/c1-26-14-5-2-12(3-6-14)17-9-15(28-22-17)10-27-19-16-7-4-13(23(24)25)8-18(16)20-11-21-19/h2-9,11H,10H2,1H3. The Morgan fingerprint density at radius 3 is 2.68 bits per heavy atom. The van der Waals surface area contributed by atoms with Crippen LogP contribution < -0.4 is 9.47 Å². The Labute approximate surface area is 158 Å². The minimum absolute atomic E-state index is 0.0449. The molecule has 0 N–H and O–H groups in total. The molecule has 0 amide bonds. The number of nitro groups is 1. The largest absolute Gasteiger partial charge is 0.497 e. The van der Waals surface area contributed by atoms with Crippen LogP contribution >= 0.6 is 0 Å². The van der Waals surface area contributed by atoms with Crippen molar-refractivity contribution in [2.24, 2.45) is 0 Å². The Balaban J connectivity index is 1.52. The van der Waals surface area contributed by atoms with Crippen LogP contribution in [0, 0.1) is 10.1 Å². The zero-order chi connectivity index (χ0) is 19.5. The highest BCUT2D eigenvalue weighted by Gasteiger charge is 2.13. The fourth-order valence-corrected chi connectivity index (χ4v) is 2.67. The van der Waals surface area contributed by atoms with Crippen LogP contribution in [0.5, 0.6) is 11.6 Å². The van der Waals surface area contributed by atoms with Gasteiger partial charge in [-0.25, -0.2) is 9.97 Å². The molecule has 4 aromatic rings. The fraction of sp³-hybridized carbons (Fsp3) is 0.105. The first-order chi connectivity index (χ1) is 13.6. The molecule has 0 unspecified atom stereocenters. The van der Waals surface area contributed by atoms with E-state index in [-0.39, 0.29) is 12.3 Å². The molecule has 0 radical (unpaired) electrons. The average molecular weight is 378 g/mol. The Bertz CT molecular complexity index is 1140. The lowest BCUT2D eigenvalue weighted by Crippen LogP contribution is -1.98. The summed E-state index contributed by atoms with van der Waals surface area (Å²) in [6.07, 6.45) is 1.30. The van der Waals surface area contributed by atoms with Gasteiger partial charge in [0, 0.05) is 23.8 Å². The number of benzene rings is 2. The highest BCUT2D eigenvalue weighted by atomic mass is 16.6. The Kier molecular flexibility index (Phi) is 4.55. The van der Waals surface area contributed by atoms with Crippen LogP contribution in [0.25, 0.3) is 22.2 Å². The number of nitrogens with zero attached hydrogens (tertiary/aromatic N) is 4. The number of rotatable bonds is 6. The molecule has 2 aromatic carbocycles. The smallest absolute Gasteiger partial charge is 0.271 e. The second-order valence-corrected chi connectivity index (χ2v) is 5.83. The van der Waals surface area contributed by atoms with Crippen molar-refractivity contribution >= 4 is 16.6 Å². The lowest BCUT2D eigenvalue weighted by Gasteiger charge is -2.05. The molecule has 2 aromatic heterocycles. The third-order valence-electron chi connectivity index (χ3n) is 4.09. The van der Waals surface area contributed by atoms with E-state index in [4.69, 9.17) is 14.0 Å².